The molecule has 0 N–H and O–H groups in total. The summed E-state index contributed by atoms with van der Waals surface area (Å²) in [6.07, 6.45) is 6.13. The van der Waals surface area contributed by atoms with Crippen LogP contribution >= 0.6 is 0 Å². The summed E-state index contributed by atoms with van der Waals surface area (Å²) in [7, 11) is -0.266. The summed E-state index contributed by atoms with van der Waals surface area (Å²) in [5, 5.41) is 9.69. The van der Waals surface area contributed by atoms with Gasteiger partial charge in [0.25, 0.3) is 0 Å². The van der Waals surface area contributed by atoms with Crippen molar-refractivity contribution >= 4 is 20.9 Å². The molecule has 42 heavy (non-hydrogen) atoms. The van der Waals surface area contributed by atoms with Gasteiger partial charge in [-0.2, -0.15) is 14.5 Å². The Morgan fingerprint density at radius 2 is 1.79 bits per heavy atom. The van der Waals surface area contributed by atoms with Gasteiger partial charge >= 0.3 is 0 Å². The van der Waals surface area contributed by atoms with Crippen molar-refractivity contribution < 1.29 is 17.5 Å². The fourth-order valence-electron chi connectivity index (χ4n) is 7.37. The minimum atomic E-state index is -3.74. The van der Waals surface area contributed by atoms with Gasteiger partial charge in [0.2, 0.25) is 10.0 Å². The van der Waals surface area contributed by atoms with Gasteiger partial charge < -0.3 is 4.74 Å². The first kappa shape index (κ1) is 27.0. The van der Waals surface area contributed by atoms with Crippen molar-refractivity contribution in [2.75, 3.05) is 20.2 Å². The molecule has 0 spiro atoms. The summed E-state index contributed by atoms with van der Waals surface area (Å²) in [6.45, 7) is 2.81. The van der Waals surface area contributed by atoms with E-state index in [0.717, 1.165) is 33.3 Å². The molecule has 1 saturated heterocycles. The number of aromatic nitrogens is 4. The minimum Gasteiger partial charge on any atom is -0.373 e. The van der Waals surface area contributed by atoms with Gasteiger partial charge in [-0.1, -0.05) is 30.3 Å². The predicted molar refractivity (Wildman–Crippen MR) is 157 cm³/mol. The first-order valence-electron chi connectivity index (χ1n) is 14.0. The Morgan fingerprint density at radius 3 is 2.48 bits per heavy atom. The van der Waals surface area contributed by atoms with Crippen LogP contribution in [0.4, 0.5) is 4.39 Å². The van der Waals surface area contributed by atoms with E-state index in [1.54, 1.807) is 36.8 Å². The average molecular weight is 586 g/mol. The van der Waals surface area contributed by atoms with Crippen LogP contribution in [0.3, 0.4) is 0 Å². The number of ether oxygens (including phenoxy) is 1. The smallest absolute Gasteiger partial charge is 0.246 e. The molecule has 1 saturated carbocycles. The Hall–Kier alpha value is -3.86. The Kier molecular flexibility index (Phi) is 6.16. The van der Waals surface area contributed by atoms with Crippen LogP contribution in [0.15, 0.2) is 90.2 Å². The van der Waals surface area contributed by atoms with Crippen molar-refractivity contribution in [3.63, 3.8) is 0 Å². The maximum Gasteiger partial charge on any atom is 0.246 e. The molecule has 2 aliphatic rings. The Bertz CT molecular complexity index is 1900. The molecule has 2 aromatic heterocycles. The van der Waals surface area contributed by atoms with E-state index in [1.807, 2.05) is 29.1 Å². The van der Waals surface area contributed by atoms with Gasteiger partial charge in [-0.3, -0.25) is 4.68 Å². The summed E-state index contributed by atoms with van der Waals surface area (Å²) in [5.74, 6) is -0.278. The second kappa shape index (κ2) is 9.58. The number of hydrogen-bond acceptors (Lipinski definition) is 5. The van der Waals surface area contributed by atoms with Crippen LogP contribution in [0.5, 0.6) is 0 Å². The average Bonchev–Trinajstić information content (AvgIpc) is 3.75. The topological polar surface area (TPSA) is 82.2 Å². The van der Waals surface area contributed by atoms with Crippen molar-refractivity contribution in [1.82, 2.24) is 23.9 Å². The Morgan fingerprint density at radius 1 is 1.02 bits per heavy atom. The highest BCUT2D eigenvalue weighted by Crippen LogP contribution is 2.60. The van der Waals surface area contributed by atoms with E-state index in [0.29, 0.717) is 25.9 Å². The second-order valence-corrected chi connectivity index (χ2v) is 13.6. The lowest BCUT2D eigenvalue weighted by Gasteiger charge is -2.35. The molecule has 0 unspecified atom stereocenters. The second-order valence-electron chi connectivity index (χ2n) is 11.7. The van der Waals surface area contributed by atoms with Gasteiger partial charge in [-0.05, 0) is 78.8 Å². The van der Waals surface area contributed by atoms with E-state index >= 15 is 0 Å². The molecule has 216 valence electrons. The van der Waals surface area contributed by atoms with E-state index in [-0.39, 0.29) is 16.6 Å². The van der Waals surface area contributed by atoms with Gasteiger partial charge in [-0.25, -0.2) is 17.5 Å². The maximum absolute atomic E-state index is 13.8. The molecule has 3 heterocycles. The lowest BCUT2D eigenvalue weighted by atomic mass is 9.72. The summed E-state index contributed by atoms with van der Waals surface area (Å²) >= 11 is 0. The number of sulfonamides is 1. The summed E-state index contributed by atoms with van der Waals surface area (Å²) in [6, 6.07) is 20.8. The summed E-state index contributed by atoms with van der Waals surface area (Å²) in [5.41, 5.74) is 3.91. The van der Waals surface area contributed by atoms with Crippen molar-refractivity contribution in [2.24, 2.45) is 13.0 Å². The summed E-state index contributed by atoms with van der Waals surface area (Å²) < 4.78 is 52.6. The van der Waals surface area contributed by atoms with Gasteiger partial charge in [0.1, 0.15) is 10.7 Å². The zero-order valence-corrected chi connectivity index (χ0v) is 24.6. The van der Waals surface area contributed by atoms with E-state index < -0.39 is 21.0 Å². The number of fused-ring (bicyclic) bond motifs is 2. The van der Waals surface area contributed by atoms with Crippen molar-refractivity contribution in [3.8, 4) is 5.69 Å². The summed E-state index contributed by atoms with van der Waals surface area (Å²) in [4.78, 5) is 0.203. The van der Waals surface area contributed by atoms with Gasteiger partial charge in [0.15, 0.2) is 0 Å². The molecule has 3 atom stereocenters. The number of halogens is 1. The first-order valence-corrected chi connectivity index (χ1v) is 15.4. The number of hydrogen-bond donors (Lipinski definition) is 0. The van der Waals surface area contributed by atoms with Crippen molar-refractivity contribution in [2.45, 2.75) is 35.7 Å². The highest BCUT2D eigenvalue weighted by molar-refractivity contribution is 7.89. The van der Waals surface area contributed by atoms with E-state index in [4.69, 9.17) is 4.74 Å². The predicted octanol–water partition coefficient (Wildman–Crippen LogP) is 5.10. The third kappa shape index (κ3) is 4.04. The third-order valence-corrected chi connectivity index (χ3v) is 11.1. The standard InChI is InChI=1S/C32H32FN5O3S/c1-22-13-30-23(16-35-38(30)27-11-9-26(33)10-12-27)14-29(22)31-20-32(41-3,24-7-5-4-6-8-24)15-25(31)18-37(21-31)42(39,40)28-17-34-36(2)19-28/h4-14,16-17,19,25H,15,18,20-21H2,1-3H3/t25-,31-,32-/m0/s1. The lowest BCUT2D eigenvalue weighted by Crippen LogP contribution is -2.38. The normalized spacial score (nSPS) is 24.4. The van der Waals surface area contributed by atoms with Crippen LogP contribution in [-0.4, -0.2) is 52.5 Å². The minimum absolute atomic E-state index is 0.0207. The van der Waals surface area contributed by atoms with Crippen LogP contribution < -0.4 is 0 Å². The van der Waals surface area contributed by atoms with Crippen LogP contribution in [0, 0.1) is 18.7 Å². The van der Waals surface area contributed by atoms with Crippen LogP contribution in [-0.2, 0) is 32.8 Å². The first-order chi connectivity index (χ1) is 20.1. The number of aryl methyl sites for hydroxylation is 2. The Labute approximate surface area is 244 Å². The van der Waals surface area contributed by atoms with Gasteiger partial charge in [0.05, 0.1) is 29.2 Å². The van der Waals surface area contributed by atoms with E-state index in [9.17, 15) is 12.8 Å². The molecule has 0 radical (unpaired) electrons. The fourth-order valence-corrected chi connectivity index (χ4v) is 8.91. The molecule has 3 aromatic carbocycles. The van der Waals surface area contributed by atoms with Crippen LogP contribution in [0.2, 0.25) is 0 Å². The van der Waals surface area contributed by atoms with Crippen molar-refractivity contribution in [1.29, 1.82) is 0 Å². The third-order valence-electron chi connectivity index (χ3n) is 9.37. The Balaban J connectivity index is 1.36. The highest BCUT2D eigenvalue weighted by Gasteiger charge is 2.62. The zero-order valence-electron chi connectivity index (χ0n) is 23.7. The van der Waals surface area contributed by atoms with E-state index in [1.165, 1.54) is 23.0 Å². The van der Waals surface area contributed by atoms with Crippen molar-refractivity contribution in [3.05, 3.63) is 108 Å². The molecular formula is C32H32FN5O3S. The molecule has 7 rings (SSSR count). The monoisotopic (exact) mass is 585 g/mol. The number of nitrogens with zero attached hydrogens (tertiary/aromatic N) is 5. The molecule has 10 heteroatoms. The molecule has 5 aromatic rings. The zero-order chi connectivity index (χ0) is 29.3. The number of rotatable bonds is 6. The molecule has 0 bridgehead atoms. The molecule has 1 aliphatic heterocycles. The molecule has 0 amide bonds. The molecule has 1 aliphatic carbocycles. The maximum atomic E-state index is 13.8. The van der Waals surface area contributed by atoms with E-state index in [2.05, 4.69) is 41.4 Å². The van der Waals surface area contributed by atoms with Gasteiger partial charge in [-0.15, -0.1) is 0 Å². The quantitative estimate of drug-likeness (QED) is 0.277. The van der Waals surface area contributed by atoms with Crippen LogP contribution in [0.25, 0.3) is 16.6 Å². The molecule has 8 nitrogen and oxygen atoms in total. The van der Waals surface area contributed by atoms with Crippen LogP contribution in [0.1, 0.15) is 29.5 Å². The largest absolute Gasteiger partial charge is 0.373 e. The lowest BCUT2D eigenvalue weighted by molar-refractivity contribution is -0.0183. The highest BCUT2D eigenvalue weighted by atomic mass is 32.2. The number of benzene rings is 3. The molecular weight excluding hydrogens is 553 g/mol. The van der Waals surface area contributed by atoms with Gasteiger partial charge in [0, 0.05) is 44.2 Å². The SMILES string of the molecule is CO[C@@]1(c2ccccc2)C[C@H]2CN(S(=O)(=O)c3cnn(C)c3)C[C@@]2(c2cc3cnn(-c4ccc(F)cc4)c3cc2C)C1. The molecule has 2 fully saturated rings. The number of methoxy groups -OCH3 is 1. The fraction of sp³-hybridized carbons (Fsp3) is 0.312.